The van der Waals surface area contributed by atoms with Crippen LogP contribution in [0.25, 0.3) is 123 Å². The fraction of sp³-hybridized carbons (Fsp3) is 0. The van der Waals surface area contributed by atoms with Gasteiger partial charge in [0.25, 0.3) is 0 Å². The van der Waals surface area contributed by atoms with E-state index in [-0.39, 0.29) is 86.8 Å². The maximum atomic E-state index is 9.73. The SMILES string of the molecule is [2H]c1c([2H])c(-c2ccc(-c3ccccc3)cc2)c2c(oc3c([2H])c(-c4nc(-c5ccc(-c6ccccc6)cc5)nc(-c5ccccc5-c5ccc6c(c5)oc5ccccc56)n4)c([2H])c([2H])c32)c1[2H]. The minimum Gasteiger partial charge on any atom is -0.456 e. The highest BCUT2D eigenvalue weighted by Gasteiger charge is 2.19. The first-order chi connectivity index (χ1) is 33.2. The van der Waals surface area contributed by atoms with Crippen molar-refractivity contribution in [2.75, 3.05) is 0 Å². The van der Waals surface area contributed by atoms with Crippen molar-refractivity contribution in [2.45, 2.75) is 0 Å². The van der Waals surface area contributed by atoms with Gasteiger partial charge < -0.3 is 8.83 Å². The van der Waals surface area contributed by atoms with Gasteiger partial charge in [-0.15, -0.1) is 0 Å². The largest absolute Gasteiger partial charge is 0.456 e. The van der Waals surface area contributed by atoms with E-state index in [0.717, 1.165) is 55.3 Å². The van der Waals surface area contributed by atoms with Crippen molar-refractivity contribution < 1.29 is 17.1 Å². The first-order valence-electron chi connectivity index (χ1n) is 23.3. The third kappa shape index (κ3) is 6.23. The van der Waals surface area contributed by atoms with Gasteiger partial charge in [-0.05, 0) is 80.8 Å². The van der Waals surface area contributed by atoms with Gasteiger partial charge in [0.05, 0.1) is 8.22 Å². The quantitative estimate of drug-likeness (QED) is 0.161. The highest BCUT2D eigenvalue weighted by Crippen LogP contribution is 2.40. The molecule has 0 aliphatic heterocycles. The summed E-state index contributed by atoms with van der Waals surface area (Å²) in [5.74, 6) is 0.546. The van der Waals surface area contributed by atoms with E-state index in [1.165, 1.54) is 0 Å². The number of nitrogens with zero attached hydrogens (tertiary/aromatic N) is 3. The summed E-state index contributed by atoms with van der Waals surface area (Å²) in [5, 5.41) is 2.34. The third-order valence-electron chi connectivity index (χ3n) is 11.3. The van der Waals surface area contributed by atoms with Gasteiger partial charge in [-0.2, -0.15) is 0 Å². The standard InChI is InChI=1S/C57H35N3O2/c1-3-12-36(13-4-1)38-22-26-40(27-23-38)45-19-11-21-51-54(45)49-33-31-43(35-53(49)62-51)56-58-55(41-28-24-39(25-29-41)37-14-5-2-6-15-37)59-57(60-56)48-18-8-7-16-44(48)42-30-32-47-46-17-9-10-20-50(46)61-52(47)34-42/h1-35H/i11D,19D,21D,31D,33D,35D. The summed E-state index contributed by atoms with van der Waals surface area (Å²) in [5.41, 5.74) is 9.18. The lowest BCUT2D eigenvalue weighted by atomic mass is 9.96. The fourth-order valence-electron chi connectivity index (χ4n) is 8.24. The number of para-hydroxylation sites is 1. The summed E-state index contributed by atoms with van der Waals surface area (Å²) >= 11 is 0. The average molecular weight is 800 g/mol. The van der Waals surface area contributed by atoms with Gasteiger partial charge in [0, 0.05) is 38.2 Å². The maximum absolute atomic E-state index is 9.73. The highest BCUT2D eigenvalue weighted by molar-refractivity contribution is 6.13. The van der Waals surface area contributed by atoms with Gasteiger partial charge in [-0.1, -0.05) is 176 Å². The lowest BCUT2D eigenvalue weighted by molar-refractivity contribution is 0.668. The number of aromatic nitrogens is 3. The highest BCUT2D eigenvalue weighted by atomic mass is 16.3. The second kappa shape index (κ2) is 14.7. The van der Waals surface area contributed by atoms with Crippen molar-refractivity contribution in [3.63, 3.8) is 0 Å². The third-order valence-corrected chi connectivity index (χ3v) is 11.3. The lowest BCUT2D eigenvalue weighted by Gasteiger charge is -2.12. The first kappa shape index (κ1) is 29.7. The zero-order valence-corrected chi connectivity index (χ0v) is 32.9. The molecule has 0 atom stereocenters. The van der Waals surface area contributed by atoms with E-state index in [9.17, 15) is 4.11 Å². The molecule has 0 bridgehead atoms. The average Bonchev–Trinajstić information content (AvgIpc) is 3.98. The maximum Gasteiger partial charge on any atom is 0.164 e. The van der Waals surface area contributed by atoms with Gasteiger partial charge >= 0.3 is 0 Å². The predicted molar refractivity (Wildman–Crippen MR) is 252 cm³/mol. The molecule has 0 amide bonds. The molecular formula is C57H35N3O2. The molecule has 0 fully saturated rings. The molecule has 3 heterocycles. The van der Waals surface area contributed by atoms with E-state index in [2.05, 4.69) is 0 Å². The molecule has 0 spiro atoms. The first-order valence-corrected chi connectivity index (χ1v) is 20.3. The van der Waals surface area contributed by atoms with Crippen LogP contribution in [0.15, 0.2) is 221 Å². The van der Waals surface area contributed by atoms with Crippen molar-refractivity contribution in [1.82, 2.24) is 15.0 Å². The summed E-state index contributed by atoms with van der Waals surface area (Å²) in [6.07, 6.45) is 0. The molecule has 3 aromatic heterocycles. The molecule has 0 unspecified atom stereocenters. The number of rotatable bonds is 7. The van der Waals surface area contributed by atoms with Crippen LogP contribution in [0, 0.1) is 0 Å². The van der Waals surface area contributed by atoms with Crippen LogP contribution in [-0.4, -0.2) is 15.0 Å². The van der Waals surface area contributed by atoms with Gasteiger partial charge in [-0.25, -0.2) is 15.0 Å². The Kier molecular flexibility index (Phi) is 7.05. The molecule has 5 heteroatoms. The van der Waals surface area contributed by atoms with E-state index >= 15 is 0 Å². The lowest BCUT2D eigenvalue weighted by Crippen LogP contribution is -2.01. The van der Waals surface area contributed by atoms with Crippen molar-refractivity contribution in [3.05, 3.63) is 212 Å². The molecule has 0 aliphatic carbocycles. The van der Waals surface area contributed by atoms with Crippen LogP contribution in [-0.2, 0) is 0 Å². The van der Waals surface area contributed by atoms with Crippen molar-refractivity contribution in [3.8, 4) is 78.7 Å². The summed E-state index contributed by atoms with van der Waals surface area (Å²) in [7, 11) is 0. The summed E-state index contributed by atoms with van der Waals surface area (Å²) in [6.45, 7) is 0. The predicted octanol–water partition coefficient (Wildman–Crippen LogP) is 15.3. The summed E-state index contributed by atoms with van der Waals surface area (Å²) in [6, 6.07) is 55.2. The second-order valence-corrected chi connectivity index (χ2v) is 15.1. The molecule has 0 aliphatic rings. The Morgan fingerprint density at radius 3 is 1.61 bits per heavy atom. The van der Waals surface area contributed by atoms with Gasteiger partial charge in [-0.3, -0.25) is 0 Å². The molecular weight excluding hydrogens is 759 g/mol. The van der Waals surface area contributed by atoms with Crippen LogP contribution in [0.4, 0.5) is 0 Å². The van der Waals surface area contributed by atoms with Crippen molar-refractivity contribution in [1.29, 1.82) is 0 Å². The van der Waals surface area contributed by atoms with Crippen LogP contribution >= 0.6 is 0 Å². The van der Waals surface area contributed by atoms with Gasteiger partial charge in [0.2, 0.25) is 0 Å². The van der Waals surface area contributed by atoms with E-state index in [4.69, 9.17) is 27.9 Å². The number of benzene rings is 9. The molecule has 290 valence electrons. The van der Waals surface area contributed by atoms with E-state index in [1.807, 2.05) is 176 Å². The summed E-state index contributed by atoms with van der Waals surface area (Å²) < 4.78 is 68.4. The van der Waals surface area contributed by atoms with Crippen molar-refractivity contribution >= 4 is 43.9 Å². The molecule has 5 nitrogen and oxygen atoms in total. The number of furan rings is 2. The molecule has 0 saturated carbocycles. The van der Waals surface area contributed by atoms with Gasteiger partial charge in [0.1, 0.15) is 22.3 Å². The van der Waals surface area contributed by atoms with E-state index in [1.54, 1.807) is 0 Å². The summed E-state index contributed by atoms with van der Waals surface area (Å²) in [4.78, 5) is 15.0. The topological polar surface area (TPSA) is 65.0 Å². The smallest absolute Gasteiger partial charge is 0.164 e. The molecule has 12 rings (SSSR count). The fourth-order valence-corrected chi connectivity index (χ4v) is 8.24. The van der Waals surface area contributed by atoms with Crippen LogP contribution in [0.5, 0.6) is 0 Å². The Balaban J connectivity index is 1.06. The minimum atomic E-state index is -0.355. The Morgan fingerprint density at radius 2 is 0.871 bits per heavy atom. The monoisotopic (exact) mass is 799 g/mol. The number of hydrogen-bond acceptors (Lipinski definition) is 5. The molecule has 0 saturated heterocycles. The Bertz CT molecular complexity index is 3970. The van der Waals surface area contributed by atoms with Crippen molar-refractivity contribution in [2.24, 2.45) is 0 Å². The minimum absolute atomic E-state index is 0.0179. The van der Waals surface area contributed by atoms with Gasteiger partial charge in [0.15, 0.2) is 17.5 Å². The second-order valence-electron chi connectivity index (χ2n) is 15.1. The molecule has 12 aromatic rings. The Hall–Kier alpha value is -8.41. The van der Waals surface area contributed by atoms with Crippen LogP contribution in [0.2, 0.25) is 0 Å². The molecule has 0 N–H and O–H groups in total. The zero-order valence-electron chi connectivity index (χ0n) is 38.9. The molecule has 0 radical (unpaired) electrons. The zero-order chi connectivity index (χ0) is 46.2. The number of hydrogen-bond donors (Lipinski definition) is 0. The molecule has 9 aromatic carbocycles. The van der Waals surface area contributed by atoms with Crippen LogP contribution in [0.3, 0.4) is 0 Å². The molecule has 62 heavy (non-hydrogen) atoms. The van der Waals surface area contributed by atoms with Crippen LogP contribution in [0.1, 0.15) is 8.22 Å². The Morgan fingerprint density at radius 1 is 0.323 bits per heavy atom. The van der Waals surface area contributed by atoms with E-state index < -0.39 is 0 Å². The Labute approximate surface area is 365 Å². The van der Waals surface area contributed by atoms with Crippen LogP contribution < -0.4 is 0 Å². The van der Waals surface area contributed by atoms with E-state index in [0.29, 0.717) is 16.7 Å². The normalized spacial score (nSPS) is 12.9. The number of fused-ring (bicyclic) bond motifs is 6.